The van der Waals surface area contributed by atoms with Crippen molar-refractivity contribution in [2.24, 2.45) is 7.05 Å². The van der Waals surface area contributed by atoms with Crippen molar-refractivity contribution in [3.63, 3.8) is 0 Å². The lowest BCUT2D eigenvalue weighted by atomic mass is 9.85. The summed E-state index contributed by atoms with van der Waals surface area (Å²) in [6.45, 7) is 15.2. The highest BCUT2D eigenvalue weighted by Gasteiger charge is 2.22. The fourth-order valence-electron chi connectivity index (χ4n) is 4.21. The fraction of sp³-hybridized carbons (Fsp3) is 0.433. The van der Waals surface area contributed by atoms with E-state index < -0.39 is 6.85 Å². The van der Waals surface area contributed by atoms with Crippen LogP contribution in [-0.4, -0.2) is 0 Å². The number of benzene rings is 2. The first kappa shape index (κ1) is 19.3. The summed E-state index contributed by atoms with van der Waals surface area (Å²) in [6, 6.07) is 14.9. The minimum absolute atomic E-state index is 0.0606. The minimum atomic E-state index is -2.20. The van der Waals surface area contributed by atoms with Gasteiger partial charge >= 0.3 is 0 Å². The molecule has 0 bridgehead atoms. The van der Waals surface area contributed by atoms with Crippen LogP contribution in [0.5, 0.6) is 0 Å². The Morgan fingerprint density at radius 3 is 2.06 bits per heavy atom. The Hall–Kier alpha value is -2.41. The van der Waals surface area contributed by atoms with Crippen molar-refractivity contribution in [3.05, 3.63) is 76.5 Å². The van der Waals surface area contributed by atoms with Gasteiger partial charge in [-0.15, -0.1) is 0 Å². The third-order valence-corrected chi connectivity index (χ3v) is 6.30. The number of aromatic nitrogens is 1. The van der Waals surface area contributed by atoms with Crippen LogP contribution in [0.1, 0.15) is 92.2 Å². The van der Waals surface area contributed by atoms with E-state index in [0.717, 1.165) is 27.9 Å². The second kappa shape index (κ2) is 8.61. The standard InChI is InChI=1S/C30H40N/c1-19(2)23-11-13-25(20(3)4)28(16-23)26-17-27(22(6)15-21(26)5)29-14-12-24(18-31(29)10)30(7,8)9/h11-20H,1-10H3/q+1/i5D3. The molecular formula is C30H40N+. The summed E-state index contributed by atoms with van der Waals surface area (Å²) in [5.41, 5.74) is 9.11. The molecule has 0 unspecified atom stereocenters. The van der Waals surface area contributed by atoms with Gasteiger partial charge in [0.25, 0.3) is 0 Å². The number of aryl methyl sites for hydroxylation is 3. The Kier molecular flexibility index (Phi) is 5.36. The minimum Gasteiger partial charge on any atom is -0.201 e. The highest BCUT2D eigenvalue weighted by Crippen LogP contribution is 2.37. The highest BCUT2D eigenvalue weighted by atomic mass is 14.9. The maximum absolute atomic E-state index is 8.32. The first-order valence-corrected chi connectivity index (χ1v) is 11.4. The Morgan fingerprint density at radius 1 is 0.806 bits per heavy atom. The highest BCUT2D eigenvalue weighted by molar-refractivity contribution is 5.78. The zero-order valence-electron chi connectivity index (χ0n) is 23.7. The van der Waals surface area contributed by atoms with E-state index in [2.05, 4.69) is 103 Å². The normalized spacial score (nSPS) is 14.0. The van der Waals surface area contributed by atoms with Gasteiger partial charge in [-0.1, -0.05) is 72.7 Å². The summed E-state index contributed by atoms with van der Waals surface area (Å²) in [5.74, 6) is 0.649. The average Bonchev–Trinajstić information content (AvgIpc) is 2.72. The monoisotopic (exact) mass is 417 g/mol. The van der Waals surface area contributed by atoms with Gasteiger partial charge in [0.2, 0.25) is 5.69 Å². The molecule has 1 heteroatoms. The van der Waals surface area contributed by atoms with Crippen LogP contribution in [0.4, 0.5) is 0 Å². The van der Waals surface area contributed by atoms with E-state index >= 15 is 0 Å². The van der Waals surface area contributed by atoms with Crippen molar-refractivity contribution in [1.82, 2.24) is 0 Å². The number of rotatable bonds is 4. The molecule has 1 aromatic heterocycles. The van der Waals surface area contributed by atoms with Crippen molar-refractivity contribution in [1.29, 1.82) is 0 Å². The summed E-state index contributed by atoms with van der Waals surface area (Å²) in [5, 5.41) is 0. The maximum Gasteiger partial charge on any atom is 0.212 e. The largest absolute Gasteiger partial charge is 0.212 e. The predicted octanol–water partition coefficient (Wildman–Crippen LogP) is 8.01. The molecule has 0 N–H and O–H groups in total. The lowest BCUT2D eigenvalue weighted by Crippen LogP contribution is -2.33. The third kappa shape index (κ3) is 4.76. The van der Waals surface area contributed by atoms with E-state index in [1.165, 1.54) is 16.7 Å². The van der Waals surface area contributed by atoms with Crippen LogP contribution < -0.4 is 4.57 Å². The summed E-state index contributed by atoms with van der Waals surface area (Å²) >= 11 is 0. The third-order valence-electron chi connectivity index (χ3n) is 6.30. The Balaban J connectivity index is 2.36. The zero-order valence-corrected chi connectivity index (χ0v) is 20.7. The predicted molar refractivity (Wildman–Crippen MR) is 135 cm³/mol. The summed E-state index contributed by atoms with van der Waals surface area (Å²) < 4.78 is 27.1. The van der Waals surface area contributed by atoms with Crippen LogP contribution in [0.25, 0.3) is 22.4 Å². The van der Waals surface area contributed by atoms with E-state index in [1.807, 2.05) is 13.0 Å². The van der Waals surface area contributed by atoms with Crippen molar-refractivity contribution in [3.8, 4) is 22.4 Å². The lowest BCUT2D eigenvalue weighted by Gasteiger charge is -2.20. The molecule has 0 atom stereocenters. The van der Waals surface area contributed by atoms with Gasteiger partial charge < -0.3 is 0 Å². The van der Waals surface area contributed by atoms with Crippen LogP contribution in [-0.2, 0) is 12.5 Å². The molecule has 0 aliphatic rings. The molecule has 0 aliphatic carbocycles. The van der Waals surface area contributed by atoms with E-state index in [9.17, 15) is 0 Å². The fourth-order valence-corrected chi connectivity index (χ4v) is 4.21. The molecule has 1 nitrogen and oxygen atoms in total. The van der Waals surface area contributed by atoms with Crippen LogP contribution in [0.2, 0.25) is 0 Å². The molecule has 0 fully saturated rings. The quantitative estimate of drug-likeness (QED) is 0.378. The number of hydrogen-bond acceptors (Lipinski definition) is 0. The van der Waals surface area contributed by atoms with Crippen molar-refractivity contribution >= 4 is 0 Å². The SMILES string of the molecule is [2H]C([2H])([2H])c1cc(C)c(-c2ccc(C(C)(C)C)c[n+]2C)cc1-c1cc(C(C)C)ccc1C(C)C. The van der Waals surface area contributed by atoms with Crippen LogP contribution in [0, 0.1) is 13.8 Å². The van der Waals surface area contributed by atoms with E-state index in [4.69, 9.17) is 4.11 Å². The molecule has 3 rings (SSSR count). The van der Waals surface area contributed by atoms with Crippen LogP contribution >= 0.6 is 0 Å². The molecule has 0 saturated carbocycles. The molecule has 0 aliphatic heterocycles. The van der Waals surface area contributed by atoms with Gasteiger partial charge in [0.1, 0.15) is 7.05 Å². The molecule has 2 aromatic carbocycles. The Morgan fingerprint density at radius 2 is 1.52 bits per heavy atom. The zero-order chi connectivity index (χ0) is 25.6. The van der Waals surface area contributed by atoms with Gasteiger partial charge in [-0.25, -0.2) is 4.57 Å². The molecule has 164 valence electrons. The van der Waals surface area contributed by atoms with Gasteiger partial charge in [-0.2, -0.15) is 0 Å². The molecule has 31 heavy (non-hydrogen) atoms. The van der Waals surface area contributed by atoms with E-state index in [0.29, 0.717) is 11.5 Å². The number of pyridine rings is 1. The Labute approximate surface area is 194 Å². The first-order chi connectivity index (χ1) is 15.6. The van der Waals surface area contributed by atoms with E-state index in [-0.39, 0.29) is 11.3 Å². The van der Waals surface area contributed by atoms with Crippen molar-refractivity contribution in [2.45, 2.75) is 79.5 Å². The summed E-state index contributed by atoms with van der Waals surface area (Å²) in [6.07, 6.45) is 2.19. The molecule has 0 saturated heterocycles. The van der Waals surface area contributed by atoms with Crippen LogP contribution in [0.3, 0.4) is 0 Å². The molecule has 0 amide bonds. The average molecular weight is 418 g/mol. The molecule has 1 heterocycles. The van der Waals surface area contributed by atoms with Gasteiger partial charge in [-0.05, 0) is 76.5 Å². The van der Waals surface area contributed by atoms with Crippen LogP contribution in [0.15, 0.2) is 48.7 Å². The molecule has 3 aromatic rings. The Bertz CT molecular complexity index is 1190. The van der Waals surface area contributed by atoms with Gasteiger partial charge in [0.15, 0.2) is 6.20 Å². The second-order valence-corrected chi connectivity index (χ2v) is 10.5. The van der Waals surface area contributed by atoms with Crippen molar-refractivity contribution < 1.29 is 8.68 Å². The molecule has 0 spiro atoms. The molecule has 0 radical (unpaired) electrons. The summed E-state index contributed by atoms with van der Waals surface area (Å²) in [4.78, 5) is 0. The topological polar surface area (TPSA) is 3.88 Å². The van der Waals surface area contributed by atoms with Gasteiger partial charge in [-0.3, -0.25) is 0 Å². The van der Waals surface area contributed by atoms with Gasteiger partial charge in [0.05, 0.1) is 0 Å². The first-order valence-electron chi connectivity index (χ1n) is 12.9. The van der Waals surface area contributed by atoms with Gasteiger partial charge in [0, 0.05) is 21.3 Å². The smallest absolute Gasteiger partial charge is 0.201 e. The van der Waals surface area contributed by atoms with Crippen molar-refractivity contribution in [2.75, 3.05) is 0 Å². The number of hydrogen-bond donors (Lipinski definition) is 0. The number of nitrogens with zero attached hydrogens (tertiary/aromatic N) is 1. The second-order valence-electron chi connectivity index (χ2n) is 10.5. The lowest BCUT2D eigenvalue weighted by molar-refractivity contribution is -0.661. The summed E-state index contributed by atoms with van der Waals surface area (Å²) in [7, 11) is 2.07. The molecular weight excluding hydrogens is 374 g/mol. The maximum atomic E-state index is 8.32. The van der Waals surface area contributed by atoms with E-state index in [1.54, 1.807) is 0 Å².